The van der Waals surface area contributed by atoms with E-state index in [2.05, 4.69) is 45.1 Å². The van der Waals surface area contributed by atoms with Gasteiger partial charge in [0.05, 0.1) is 28.8 Å². The summed E-state index contributed by atoms with van der Waals surface area (Å²) in [6, 6.07) is 20.9. The monoisotopic (exact) mass is 434 g/mol. The summed E-state index contributed by atoms with van der Waals surface area (Å²) >= 11 is 0. The average Bonchev–Trinajstić information content (AvgIpc) is 3.02. The van der Waals surface area contributed by atoms with Crippen LogP contribution in [0.2, 0.25) is 0 Å². The fraction of sp³-hybridized carbons (Fsp3) is 0.222. The van der Waals surface area contributed by atoms with Gasteiger partial charge in [-0.1, -0.05) is 18.2 Å². The van der Waals surface area contributed by atoms with Crippen LogP contribution in [0.25, 0.3) is 39.2 Å². The molecule has 0 saturated carbocycles. The molecule has 164 valence electrons. The Morgan fingerprint density at radius 1 is 0.909 bits per heavy atom. The van der Waals surface area contributed by atoms with Gasteiger partial charge in [-0.3, -0.25) is 14.4 Å². The minimum Gasteiger partial charge on any atom is -0.369 e. The molecule has 5 heterocycles. The highest BCUT2D eigenvalue weighted by atomic mass is 15.2. The van der Waals surface area contributed by atoms with Crippen molar-refractivity contribution in [3.8, 4) is 22.6 Å². The SMILES string of the molecule is Cc1cccc(-c2nc3ccccn3c2-c2ccc3ncc(N4CCCNCC4)cc3c2)n1. The van der Waals surface area contributed by atoms with Crippen LogP contribution in [-0.4, -0.2) is 45.5 Å². The number of nitrogens with zero attached hydrogens (tertiary/aromatic N) is 5. The minimum atomic E-state index is 0.887. The van der Waals surface area contributed by atoms with Crippen molar-refractivity contribution in [2.75, 3.05) is 31.1 Å². The molecule has 0 bridgehead atoms. The van der Waals surface area contributed by atoms with Crippen molar-refractivity contribution in [2.45, 2.75) is 13.3 Å². The smallest absolute Gasteiger partial charge is 0.138 e. The summed E-state index contributed by atoms with van der Waals surface area (Å²) in [5, 5.41) is 4.61. The number of imidazole rings is 1. The second-order valence-corrected chi connectivity index (χ2v) is 8.59. The third kappa shape index (κ3) is 3.72. The zero-order valence-corrected chi connectivity index (χ0v) is 18.7. The van der Waals surface area contributed by atoms with Gasteiger partial charge >= 0.3 is 0 Å². The highest BCUT2D eigenvalue weighted by Crippen LogP contribution is 2.34. The van der Waals surface area contributed by atoms with Gasteiger partial charge in [-0.15, -0.1) is 0 Å². The maximum atomic E-state index is 4.95. The highest BCUT2D eigenvalue weighted by molar-refractivity contribution is 5.89. The Balaban J connectivity index is 1.51. The fourth-order valence-corrected chi connectivity index (χ4v) is 4.67. The number of aromatic nitrogens is 4. The van der Waals surface area contributed by atoms with Crippen molar-refractivity contribution in [3.63, 3.8) is 0 Å². The van der Waals surface area contributed by atoms with Gasteiger partial charge in [0.2, 0.25) is 0 Å². The molecule has 4 aromatic heterocycles. The number of hydrogen-bond acceptors (Lipinski definition) is 5. The first-order valence-electron chi connectivity index (χ1n) is 11.5. The normalized spacial score (nSPS) is 14.6. The Morgan fingerprint density at radius 2 is 1.88 bits per heavy atom. The number of nitrogens with one attached hydrogen (secondary N) is 1. The molecule has 1 aromatic carbocycles. The summed E-state index contributed by atoms with van der Waals surface area (Å²) in [6.07, 6.45) is 5.22. The van der Waals surface area contributed by atoms with E-state index in [0.717, 1.165) is 77.5 Å². The maximum Gasteiger partial charge on any atom is 0.138 e. The molecular weight excluding hydrogens is 408 g/mol. The van der Waals surface area contributed by atoms with Crippen molar-refractivity contribution in [1.29, 1.82) is 0 Å². The van der Waals surface area contributed by atoms with Gasteiger partial charge in [-0.2, -0.15) is 0 Å². The lowest BCUT2D eigenvalue weighted by Gasteiger charge is -2.22. The largest absolute Gasteiger partial charge is 0.369 e. The van der Waals surface area contributed by atoms with E-state index >= 15 is 0 Å². The van der Waals surface area contributed by atoms with Gasteiger partial charge in [0.15, 0.2) is 0 Å². The maximum absolute atomic E-state index is 4.95. The lowest BCUT2D eigenvalue weighted by molar-refractivity contribution is 0.724. The number of rotatable bonds is 3. The van der Waals surface area contributed by atoms with Crippen LogP contribution in [0.1, 0.15) is 12.1 Å². The summed E-state index contributed by atoms with van der Waals surface area (Å²) < 4.78 is 2.15. The van der Waals surface area contributed by atoms with Crippen LogP contribution < -0.4 is 10.2 Å². The second-order valence-electron chi connectivity index (χ2n) is 8.59. The molecule has 0 amide bonds. The molecule has 6 heteroatoms. The lowest BCUT2D eigenvalue weighted by atomic mass is 10.0. The molecule has 1 saturated heterocycles. The van der Waals surface area contributed by atoms with E-state index in [0.29, 0.717) is 0 Å². The Bertz CT molecular complexity index is 1450. The van der Waals surface area contributed by atoms with E-state index in [4.69, 9.17) is 15.0 Å². The highest BCUT2D eigenvalue weighted by Gasteiger charge is 2.18. The second kappa shape index (κ2) is 8.30. The molecule has 0 spiro atoms. The summed E-state index contributed by atoms with van der Waals surface area (Å²) in [5.41, 5.74) is 8.02. The van der Waals surface area contributed by atoms with E-state index < -0.39 is 0 Å². The third-order valence-electron chi connectivity index (χ3n) is 6.31. The quantitative estimate of drug-likeness (QED) is 0.445. The van der Waals surface area contributed by atoms with E-state index in [1.807, 2.05) is 49.5 Å². The van der Waals surface area contributed by atoms with Crippen molar-refractivity contribution in [2.24, 2.45) is 0 Å². The van der Waals surface area contributed by atoms with Crippen LogP contribution in [0.4, 0.5) is 5.69 Å². The number of anilines is 1. The van der Waals surface area contributed by atoms with Gasteiger partial charge in [-0.25, -0.2) is 4.98 Å². The fourth-order valence-electron chi connectivity index (χ4n) is 4.67. The minimum absolute atomic E-state index is 0.887. The summed E-state index contributed by atoms with van der Waals surface area (Å²) in [6.45, 7) is 6.15. The number of benzene rings is 1. The molecule has 0 unspecified atom stereocenters. The van der Waals surface area contributed by atoms with Crippen molar-refractivity contribution in [1.82, 2.24) is 24.7 Å². The topological polar surface area (TPSA) is 58.4 Å². The number of aryl methyl sites for hydroxylation is 1. The zero-order valence-electron chi connectivity index (χ0n) is 18.7. The van der Waals surface area contributed by atoms with Gasteiger partial charge in [0.25, 0.3) is 0 Å². The van der Waals surface area contributed by atoms with E-state index in [1.165, 1.54) is 5.69 Å². The Kier molecular flexibility index (Phi) is 5.00. The van der Waals surface area contributed by atoms with Crippen LogP contribution in [0.3, 0.4) is 0 Å². The molecule has 1 aliphatic heterocycles. The van der Waals surface area contributed by atoms with E-state index in [9.17, 15) is 0 Å². The Morgan fingerprint density at radius 3 is 2.82 bits per heavy atom. The van der Waals surface area contributed by atoms with Crippen molar-refractivity contribution in [3.05, 3.63) is 78.8 Å². The average molecular weight is 435 g/mol. The first-order valence-corrected chi connectivity index (χ1v) is 11.5. The molecule has 0 radical (unpaired) electrons. The molecule has 1 N–H and O–H groups in total. The van der Waals surface area contributed by atoms with E-state index in [1.54, 1.807) is 0 Å². The van der Waals surface area contributed by atoms with E-state index in [-0.39, 0.29) is 0 Å². The van der Waals surface area contributed by atoms with Crippen LogP contribution >= 0.6 is 0 Å². The van der Waals surface area contributed by atoms with Crippen LogP contribution in [0.15, 0.2) is 73.1 Å². The van der Waals surface area contributed by atoms with Gasteiger partial charge in [-0.05, 0) is 62.4 Å². The predicted molar refractivity (Wildman–Crippen MR) is 134 cm³/mol. The molecule has 33 heavy (non-hydrogen) atoms. The molecule has 6 rings (SSSR count). The Labute approximate surface area is 192 Å². The molecule has 1 aliphatic rings. The van der Waals surface area contributed by atoms with Crippen LogP contribution in [0.5, 0.6) is 0 Å². The molecule has 0 atom stereocenters. The first kappa shape index (κ1) is 19.9. The Hall–Kier alpha value is -3.77. The molecule has 6 nitrogen and oxygen atoms in total. The van der Waals surface area contributed by atoms with Crippen LogP contribution in [-0.2, 0) is 0 Å². The molecular formula is C27H26N6. The summed E-state index contributed by atoms with van der Waals surface area (Å²) in [5.74, 6) is 0. The van der Waals surface area contributed by atoms with Gasteiger partial charge < -0.3 is 10.2 Å². The standard InChI is InChI=1S/C27H26N6/c1-19-6-4-7-24(30-19)26-27(33-14-3-2-8-25(33)31-26)20-9-10-23-21(16-20)17-22(18-29-23)32-13-5-11-28-12-15-32/h2-4,6-10,14,16-18,28H,5,11-13,15H2,1H3. The lowest BCUT2D eigenvalue weighted by Crippen LogP contribution is -2.27. The zero-order chi connectivity index (χ0) is 22.2. The molecule has 1 fully saturated rings. The summed E-state index contributed by atoms with van der Waals surface area (Å²) in [7, 11) is 0. The third-order valence-corrected chi connectivity index (χ3v) is 6.31. The first-order chi connectivity index (χ1) is 16.3. The molecule has 5 aromatic rings. The van der Waals surface area contributed by atoms with Crippen molar-refractivity contribution < 1.29 is 0 Å². The predicted octanol–water partition coefficient (Wildman–Crippen LogP) is 4.72. The van der Waals surface area contributed by atoms with Gasteiger partial charge in [0, 0.05) is 42.5 Å². The molecule has 0 aliphatic carbocycles. The summed E-state index contributed by atoms with van der Waals surface area (Å²) in [4.78, 5) is 16.9. The number of pyridine rings is 3. The van der Waals surface area contributed by atoms with Gasteiger partial charge in [0.1, 0.15) is 11.3 Å². The number of fused-ring (bicyclic) bond motifs is 2. The number of hydrogen-bond donors (Lipinski definition) is 1. The van der Waals surface area contributed by atoms with Crippen LogP contribution in [0, 0.1) is 6.92 Å². The van der Waals surface area contributed by atoms with Crippen molar-refractivity contribution >= 4 is 22.2 Å².